The molecule has 0 spiro atoms. The molecular weight excluding hydrogens is 299 g/mol. The highest BCUT2D eigenvalue weighted by molar-refractivity contribution is 5.75. The third-order valence-electron chi connectivity index (χ3n) is 2.76. The normalized spacial score (nSPS) is 10.6. The van der Waals surface area contributed by atoms with Crippen LogP contribution in [0.3, 0.4) is 0 Å². The SMILES string of the molecule is CC(=O)Oc1cc(/C=C/c2ccc(F)cc2)cc(OC(C)=O)c1. The van der Waals surface area contributed by atoms with Crippen molar-refractivity contribution in [1.29, 1.82) is 0 Å². The summed E-state index contributed by atoms with van der Waals surface area (Å²) in [5, 5.41) is 0. The van der Waals surface area contributed by atoms with Gasteiger partial charge in [-0.3, -0.25) is 9.59 Å². The highest BCUT2D eigenvalue weighted by Gasteiger charge is 2.06. The molecule has 0 aliphatic heterocycles. The van der Waals surface area contributed by atoms with Gasteiger partial charge in [-0.1, -0.05) is 24.3 Å². The van der Waals surface area contributed by atoms with Crippen LogP contribution in [0.15, 0.2) is 42.5 Å². The van der Waals surface area contributed by atoms with Crippen LogP contribution in [-0.2, 0) is 9.59 Å². The fraction of sp³-hybridized carbons (Fsp3) is 0.111. The maximum absolute atomic E-state index is 12.9. The molecule has 0 radical (unpaired) electrons. The number of rotatable bonds is 4. The van der Waals surface area contributed by atoms with Gasteiger partial charge in [0.15, 0.2) is 0 Å². The molecule has 0 bridgehead atoms. The molecule has 118 valence electrons. The first-order valence-electron chi connectivity index (χ1n) is 6.88. The van der Waals surface area contributed by atoms with Gasteiger partial charge in [0.1, 0.15) is 17.3 Å². The van der Waals surface area contributed by atoms with Crippen molar-refractivity contribution < 1.29 is 23.5 Å². The average Bonchev–Trinajstić information content (AvgIpc) is 2.45. The van der Waals surface area contributed by atoms with E-state index in [9.17, 15) is 14.0 Å². The second-order valence-corrected chi connectivity index (χ2v) is 4.81. The minimum absolute atomic E-state index is 0.273. The number of hydrogen-bond donors (Lipinski definition) is 0. The number of ether oxygens (including phenoxy) is 2. The van der Waals surface area contributed by atoms with Crippen molar-refractivity contribution in [2.24, 2.45) is 0 Å². The third kappa shape index (κ3) is 5.39. The topological polar surface area (TPSA) is 52.6 Å². The van der Waals surface area contributed by atoms with Crippen LogP contribution in [0.1, 0.15) is 25.0 Å². The predicted molar refractivity (Wildman–Crippen MR) is 84.4 cm³/mol. The van der Waals surface area contributed by atoms with Crippen molar-refractivity contribution in [2.45, 2.75) is 13.8 Å². The Bertz CT molecular complexity index is 714. The molecule has 5 heteroatoms. The van der Waals surface area contributed by atoms with Crippen molar-refractivity contribution in [3.8, 4) is 11.5 Å². The van der Waals surface area contributed by atoms with E-state index in [4.69, 9.17) is 9.47 Å². The Kier molecular flexibility index (Phi) is 5.25. The summed E-state index contributed by atoms with van der Waals surface area (Å²) in [5.41, 5.74) is 1.47. The van der Waals surface area contributed by atoms with Crippen LogP contribution in [0.25, 0.3) is 12.2 Å². The van der Waals surface area contributed by atoms with Gasteiger partial charge in [-0.05, 0) is 35.4 Å². The Morgan fingerprint density at radius 2 is 1.30 bits per heavy atom. The van der Waals surface area contributed by atoms with Gasteiger partial charge in [0.2, 0.25) is 0 Å². The molecule has 23 heavy (non-hydrogen) atoms. The number of carbonyl (C=O) groups is 2. The summed E-state index contributed by atoms with van der Waals surface area (Å²) in [6.45, 7) is 2.57. The second-order valence-electron chi connectivity index (χ2n) is 4.81. The Morgan fingerprint density at radius 3 is 1.78 bits per heavy atom. The summed E-state index contributed by atoms with van der Waals surface area (Å²) in [7, 11) is 0. The van der Waals surface area contributed by atoms with E-state index in [0.29, 0.717) is 5.56 Å². The van der Waals surface area contributed by atoms with E-state index in [1.54, 1.807) is 36.4 Å². The molecule has 0 atom stereocenters. The van der Waals surface area contributed by atoms with Gasteiger partial charge in [0.05, 0.1) is 0 Å². The minimum atomic E-state index is -0.474. The standard InChI is InChI=1S/C18H15FO4/c1-12(20)22-17-9-15(10-18(11-17)23-13(2)21)4-3-14-5-7-16(19)8-6-14/h3-11H,1-2H3/b4-3+. The molecule has 0 saturated carbocycles. The molecule has 2 aromatic carbocycles. The Balaban J connectivity index is 2.29. The van der Waals surface area contributed by atoms with Gasteiger partial charge in [-0.15, -0.1) is 0 Å². The maximum atomic E-state index is 12.9. The van der Waals surface area contributed by atoms with Crippen molar-refractivity contribution in [3.63, 3.8) is 0 Å². The van der Waals surface area contributed by atoms with Crippen LogP contribution in [0.5, 0.6) is 11.5 Å². The van der Waals surface area contributed by atoms with Crippen LogP contribution < -0.4 is 9.47 Å². The molecule has 0 unspecified atom stereocenters. The van der Waals surface area contributed by atoms with Gasteiger partial charge in [-0.25, -0.2) is 4.39 Å². The number of benzene rings is 2. The molecule has 0 amide bonds. The molecule has 0 saturated heterocycles. The van der Waals surface area contributed by atoms with Gasteiger partial charge in [0.25, 0.3) is 0 Å². The Labute approximate surface area is 133 Å². The zero-order valence-electron chi connectivity index (χ0n) is 12.7. The number of esters is 2. The first-order chi connectivity index (χ1) is 10.9. The average molecular weight is 314 g/mol. The summed E-state index contributed by atoms with van der Waals surface area (Å²) < 4.78 is 22.9. The van der Waals surface area contributed by atoms with E-state index in [0.717, 1.165) is 5.56 Å². The highest BCUT2D eigenvalue weighted by Crippen LogP contribution is 2.25. The van der Waals surface area contributed by atoms with Crippen molar-refractivity contribution in [2.75, 3.05) is 0 Å². The predicted octanol–water partition coefficient (Wildman–Crippen LogP) is 3.85. The number of carbonyl (C=O) groups excluding carboxylic acids is 2. The Hall–Kier alpha value is -2.95. The van der Waals surface area contributed by atoms with E-state index >= 15 is 0 Å². The molecule has 0 heterocycles. The van der Waals surface area contributed by atoms with Crippen molar-refractivity contribution in [1.82, 2.24) is 0 Å². The van der Waals surface area contributed by atoms with E-state index in [1.807, 2.05) is 0 Å². The summed E-state index contributed by atoms with van der Waals surface area (Å²) in [4.78, 5) is 22.2. The third-order valence-corrected chi connectivity index (χ3v) is 2.76. The largest absolute Gasteiger partial charge is 0.427 e. The lowest BCUT2D eigenvalue weighted by atomic mass is 10.1. The van der Waals surface area contributed by atoms with Crippen LogP contribution in [0, 0.1) is 5.82 Å². The molecule has 0 fully saturated rings. The van der Waals surface area contributed by atoms with Gasteiger partial charge < -0.3 is 9.47 Å². The van der Waals surface area contributed by atoms with E-state index in [1.165, 1.54) is 32.0 Å². The lowest BCUT2D eigenvalue weighted by molar-refractivity contribution is -0.132. The smallest absolute Gasteiger partial charge is 0.308 e. The van der Waals surface area contributed by atoms with E-state index in [2.05, 4.69) is 0 Å². The first-order valence-corrected chi connectivity index (χ1v) is 6.88. The fourth-order valence-corrected chi connectivity index (χ4v) is 1.91. The van der Waals surface area contributed by atoms with Crippen LogP contribution in [0.2, 0.25) is 0 Å². The molecule has 0 N–H and O–H groups in total. The van der Waals surface area contributed by atoms with Crippen LogP contribution >= 0.6 is 0 Å². The number of hydrogen-bond acceptors (Lipinski definition) is 4. The summed E-state index contributed by atoms with van der Waals surface area (Å²) >= 11 is 0. The van der Waals surface area contributed by atoms with Crippen LogP contribution in [-0.4, -0.2) is 11.9 Å². The van der Waals surface area contributed by atoms with Crippen molar-refractivity contribution >= 4 is 24.1 Å². The molecule has 0 aliphatic carbocycles. The van der Waals surface area contributed by atoms with Gasteiger partial charge >= 0.3 is 11.9 Å². The lowest BCUT2D eigenvalue weighted by Crippen LogP contribution is -2.04. The van der Waals surface area contributed by atoms with E-state index < -0.39 is 11.9 Å². The monoisotopic (exact) mass is 314 g/mol. The van der Waals surface area contributed by atoms with Crippen LogP contribution in [0.4, 0.5) is 4.39 Å². The molecule has 4 nitrogen and oxygen atoms in total. The lowest BCUT2D eigenvalue weighted by Gasteiger charge is -2.07. The summed E-state index contributed by atoms with van der Waals surface area (Å²) in [6.07, 6.45) is 3.51. The highest BCUT2D eigenvalue weighted by atomic mass is 19.1. The van der Waals surface area contributed by atoms with Gasteiger partial charge in [-0.2, -0.15) is 0 Å². The van der Waals surface area contributed by atoms with Crippen molar-refractivity contribution in [3.05, 3.63) is 59.4 Å². The first kappa shape index (κ1) is 16.4. The molecule has 0 aromatic heterocycles. The minimum Gasteiger partial charge on any atom is -0.427 e. The summed E-state index contributed by atoms with van der Waals surface area (Å²) in [5.74, 6) is -0.710. The Morgan fingerprint density at radius 1 is 0.826 bits per heavy atom. The molecule has 2 rings (SSSR count). The molecule has 0 aliphatic rings. The number of halogens is 1. The van der Waals surface area contributed by atoms with Gasteiger partial charge in [0, 0.05) is 19.9 Å². The quantitative estimate of drug-likeness (QED) is 0.489. The maximum Gasteiger partial charge on any atom is 0.308 e. The molecule has 2 aromatic rings. The zero-order valence-corrected chi connectivity index (χ0v) is 12.7. The molecular formula is C18H15FO4. The summed E-state index contributed by atoms with van der Waals surface area (Å²) in [6, 6.07) is 10.7. The second kappa shape index (κ2) is 7.35. The van der Waals surface area contributed by atoms with E-state index in [-0.39, 0.29) is 17.3 Å². The fourth-order valence-electron chi connectivity index (χ4n) is 1.91. The zero-order chi connectivity index (χ0) is 16.8.